The van der Waals surface area contributed by atoms with Gasteiger partial charge in [0.15, 0.2) is 0 Å². The fourth-order valence-electron chi connectivity index (χ4n) is 4.16. The Morgan fingerprint density at radius 2 is 1.84 bits per heavy atom. The van der Waals surface area contributed by atoms with Gasteiger partial charge < -0.3 is 25.6 Å². The number of esters is 1. The van der Waals surface area contributed by atoms with Gasteiger partial charge in [0, 0.05) is 43.9 Å². The van der Waals surface area contributed by atoms with Crippen LogP contribution in [-0.4, -0.2) is 72.5 Å². The third-order valence-electron chi connectivity index (χ3n) is 6.23. The maximum atomic E-state index is 13.2. The van der Waals surface area contributed by atoms with Crippen molar-refractivity contribution >= 4 is 23.6 Å². The second-order valence-corrected chi connectivity index (χ2v) is 9.67. The van der Waals surface area contributed by atoms with Crippen LogP contribution in [0.25, 0.3) is 0 Å². The number of nitrogens with one attached hydrogen (secondary N) is 1. The highest BCUT2D eigenvalue weighted by molar-refractivity contribution is 5.76. The number of aryl methyl sites for hydroxylation is 1. The Bertz CT molecular complexity index is 1010. The molecule has 9 heteroatoms. The van der Waals surface area contributed by atoms with E-state index >= 15 is 0 Å². The van der Waals surface area contributed by atoms with Crippen LogP contribution in [0.2, 0.25) is 0 Å². The third kappa shape index (κ3) is 10.8. The molecule has 0 aliphatic rings. The highest BCUT2D eigenvalue weighted by Crippen LogP contribution is 2.20. The van der Waals surface area contributed by atoms with Crippen molar-refractivity contribution in [1.29, 1.82) is 0 Å². The molecule has 2 rings (SSSR count). The fourth-order valence-corrected chi connectivity index (χ4v) is 4.16. The highest BCUT2D eigenvalue weighted by Gasteiger charge is 2.17. The molecule has 0 bridgehead atoms. The normalized spacial score (nSPS) is 11.0. The van der Waals surface area contributed by atoms with Gasteiger partial charge in [-0.25, -0.2) is 4.98 Å². The monoisotopic (exact) mass is 512 g/mol. The zero-order chi connectivity index (χ0) is 27.2. The summed E-state index contributed by atoms with van der Waals surface area (Å²) in [5, 5.41) is 3.43. The van der Waals surface area contributed by atoms with Gasteiger partial charge in [0.25, 0.3) is 0 Å². The van der Waals surface area contributed by atoms with Gasteiger partial charge >= 0.3 is 5.97 Å². The summed E-state index contributed by atoms with van der Waals surface area (Å²) in [4.78, 5) is 37.6. The summed E-state index contributed by atoms with van der Waals surface area (Å²) in [5.41, 5.74) is 9.70. The Morgan fingerprint density at radius 1 is 1.08 bits per heavy atom. The van der Waals surface area contributed by atoms with E-state index in [1.165, 1.54) is 7.11 Å². The molecule has 37 heavy (non-hydrogen) atoms. The molecule has 9 nitrogen and oxygen atoms in total. The van der Waals surface area contributed by atoms with Crippen molar-refractivity contribution in [3.05, 3.63) is 46.6 Å². The molecule has 204 valence electrons. The van der Waals surface area contributed by atoms with Gasteiger partial charge in [0.05, 0.1) is 13.5 Å². The molecule has 0 unspecified atom stereocenters. The van der Waals surface area contributed by atoms with E-state index in [2.05, 4.69) is 22.2 Å². The van der Waals surface area contributed by atoms with Crippen molar-refractivity contribution in [1.82, 2.24) is 19.8 Å². The van der Waals surface area contributed by atoms with E-state index in [0.717, 1.165) is 66.9 Å². The first-order chi connectivity index (χ1) is 17.7. The minimum Gasteiger partial charge on any atom is -0.469 e. The van der Waals surface area contributed by atoms with Crippen LogP contribution in [0.5, 0.6) is 0 Å². The number of benzene rings is 1. The van der Waals surface area contributed by atoms with E-state index in [1.54, 1.807) is 0 Å². The largest absolute Gasteiger partial charge is 0.469 e. The van der Waals surface area contributed by atoms with E-state index in [-0.39, 0.29) is 24.2 Å². The molecule has 0 radical (unpaired) electrons. The number of nitrogens with two attached hydrogens (primary N) is 1. The summed E-state index contributed by atoms with van der Waals surface area (Å²) >= 11 is 0. The lowest BCUT2D eigenvalue weighted by Crippen LogP contribution is -2.34. The van der Waals surface area contributed by atoms with Crippen molar-refractivity contribution in [2.24, 2.45) is 0 Å². The standard InChI is InChI=1S/C28H44N6O3/c1-6-7-8-15-30-27-24(21(2)31-28(29)32-27)13-10-16-34(25(35)14-17-33(3)4)20-23-12-9-11-22(18-23)19-26(36)37-5/h9,11-12,18H,6-8,10,13-17,19-20H2,1-5H3,(H3,29,30,31,32). The lowest BCUT2D eigenvalue weighted by Gasteiger charge is -2.24. The van der Waals surface area contributed by atoms with Gasteiger partial charge in [-0.1, -0.05) is 44.0 Å². The predicted octanol–water partition coefficient (Wildman–Crippen LogP) is 3.60. The maximum absolute atomic E-state index is 13.2. The van der Waals surface area contributed by atoms with Crippen LogP contribution in [0, 0.1) is 6.92 Å². The second-order valence-electron chi connectivity index (χ2n) is 9.67. The zero-order valence-corrected chi connectivity index (χ0v) is 23.2. The molecule has 3 N–H and O–H groups in total. The molecule has 0 atom stereocenters. The van der Waals surface area contributed by atoms with E-state index in [9.17, 15) is 9.59 Å². The number of nitrogens with zero attached hydrogens (tertiary/aromatic N) is 4. The van der Waals surface area contributed by atoms with E-state index in [0.29, 0.717) is 26.1 Å². The SMILES string of the molecule is CCCCCNc1nc(N)nc(C)c1CCCN(Cc1cccc(CC(=O)OC)c1)C(=O)CCN(C)C. The first-order valence-electron chi connectivity index (χ1n) is 13.2. The number of anilines is 2. The predicted molar refractivity (Wildman–Crippen MR) is 148 cm³/mol. The van der Waals surface area contributed by atoms with Crippen molar-refractivity contribution in [2.45, 2.75) is 65.3 Å². The molecule has 2 aromatic rings. The molecule has 1 heterocycles. The molecular weight excluding hydrogens is 468 g/mol. The summed E-state index contributed by atoms with van der Waals surface area (Å²) in [6.45, 7) is 6.76. The average molecular weight is 513 g/mol. The molecule has 1 aromatic heterocycles. The number of rotatable bonds is 16. The molecule has 1 aromatic carbocycles. The first kappa shape index (κ1) is 30.0. The number of hydrogen-bond acceptors (Lipinski definition) is 8. The number of nitrogen functional groups attached to an aromatic ring is 1. The lowest BCUT2D eigenvalue weighted by molar-refractivity contribution is -0.139. The second kappa shape index (κ2) is 15.8. The van der Waals surface area contributed by atoms with Crippen LogP contribution in [0.1, 0.15) is 61.4 Å². The first-order valence-corrected chi connectivity index (χ1v) is 13.2. The van der Waals surface area contributed by atoms with Gasteiger partial charge in [0.1, 0.15) is 5.82 Å². The Morgan fingerprint density at radius 3 is 2.54 bits per heavy atom. The minimum absolute atomic E-state index is 0.107. The topological polar surface area (TPSA) is 114 Å². The van der Waals surface area contributed by atoms with Crippen molar-refractivity contribution in [3.63, 3.8) is 0 Å². The maximum Gasteiger partial charge on any atom is 0.309 e. The molecule has 1 amide bonds. The number of unbranched alkanes of at least 4 members (excludes halogenated alkanes) is 2. The number of methoxy groups -OCH3 is 1. The number of hydrogen-bond donors (Lipinski definition) is 2. The minimum atomic E-state index is -0.281. The summed E-state index contributed by atoms with van der Waals surface area (Å²) in [5.74, 6) is 0.889. The van der Waals surface area contributed by atoms with Gasteiger partial charge in [-0.2, -0.15) is 4.98 Å². The molecule has 0 saturated carbocycles. The molecule has 0 aliphatic carbocycles. The summed E-state index contributed by atoms with van der Waals surface area (Å²) in [6, 6.07) is 7.78. The molecule has 0 aliphatic heterocycles. The summed E-state index contributed by atoms with van der Waals surface area (Å²) in [7, 11) is 5.32. The van der Waals surface area contributed by atoms with Gasteiger partial charge in [0.2, 0.25) is 11.9 Å². The van der Waals surface area contributed by atoms with Gasteiger partial charge in [-0.05, 0) is 51.4 Å². The Balaban J connectivity index is 2.12. The van der Waals surface area contributed by atoms with Crippen molar-refractivity contribution < 1.29 is 14.3 Å². The number of carbonyl (C=O) groups is 2. The quantitative estimate of drug-likeness (QED) is 0.259. The van der Waals surface area contributed by atoms with Crippen molar-refractivity contribution in [2.75, 3.05) is 51.9 Å². The summed E-state index contributed by atoms with van der Waals surface area (Å²) < 4.78 is 4.79. The van der Waals surface area contributed by atoms with E-state index in [1.807, 2.05) is 55.1 Å². The molecule has 0 fully saturated rings. The van der Waals surface area contributed by atoms with Gasteiger partial charge in [-0.15, -0.1) is 0 Å². The summed E-state index contributed by atoms with van der Waals surface area (Å²) in [6.07, 6.45) is 5.55. The van der Waals surface area contributed by atoms with E-state index < -0.39 is 0 Å². The molecular formula is C28H44N6O3. The Kier molecular flexibility index (Phi) is 12.8. The number of aromatic nitrogens is 2. The number of carbonyl (C=O) groups excluding carboxylic acids is 2. The number of amides is 1. The van der Waals surface area contributed by atoms with Crippen LogP contribution in [0.15, 0.2) is 24.3 Å². The van der Waals surface area contributed by atoms with Gasteiger partial charge in [-0.3, -0.25) is 9.59 Å². The van der Waals surface area contributed by atoms with Crippen LogP contribution < -0.4 is 11.1 Å². The highest BCUT2D eigenvalue weighted by atomic mass is 16.5. The van der Waals surface area contributed by atoms with E-state index in [4.69, 9.17) is 10.5 Å². The fraction of sp³-hybridized carbons (Fsp3) is 0.571. The Labute approximate surface area is 221 Å². The van der Waals surface area contributed by atoms with Crippen LogP contribution in [0.3, 0.4) is 0 Å². The van der Waals surface area contributed by atoms with Crippen LogP contribution in [0.4, 0.5) is 11.8 Å². The number of ether oxygens (including phenoxy) is 1. The average Bonchev–Trinajstić information content (AvgIpc) is 2.85. The van der Waals surface area contributed by atoms with Crippen molar-refractivity contribution in [3.8, 4) is 0 Å². The third-order valence-corrected chi connectivity index (χ3v) is 6.23. The Hall–Kier alpha value is -3.20. The lowest BCUT2D eigenvalue weighted by atomic mass is 10.1. The van der Waals surface area contributed by atoms with Crippen LogP contribution >= 0.6 is 0 Å². The van der Waals surface area contributed by atoms with Crippen LogP contribution in [-0.2, 0) is 33.7 Å². The zero-order valence-electron chi connectivity index (χ0n) is 23.2. The molecule has 0 spiro atoms. The smallest absolute Gasteiger partial charge is 0.309 e. The molecule has 0 saturated heterocycles.